The number of carbonyl (C=O) groups is 1. The normalized spacial score (nSPS) is 17.0. The third-order valence-corrected chi connectivity index (χ3v) is 3.39. The maximum atomic E-state index is 13.2. The van der Waals surface area contributed by atoms with Gasteiger partial charge in [-0.15, -0.1) is 0 Å². The van der Waals surface area contributed by atoms with Crippen LogP contribution in [0.25, 0.3) is 0 Å². The Balaban J connectivity index is 2.03. The fourth-order valence-corrected chi connectivity index (χ4v) is 2.24. The summed E-state index contributed by atoms with van der Waals surface area (Å²) in [5, 5.41) is 8.81. The molecule has 116 valence electrons. The van der Waals surface area contributed by atoms with E-state index in [1.54, 1.807) is 0 Å². The molecule has 0 radical (unpaired) electrons. The quantitative estimate of drug-likeness (QED) is 0.854. The summed E-state index contributed by atoms with van der Waals surface area (Å²) in [6.07, 6.45) is -5.72. The number of benzene rings is 1. The number of halogens is 4. The second kappa shape index (κ2) is 5.88. The number of piperazine rings is 1. The summed E-state index contributed by atoms with van der Waals surface area (Å²) in [6.45, 7) is 1.72. The molecule has 21 heavy (non-hydrogen) atoms. The zero-order chi connectivity index (χ0) is 15.6. The van der Waals surface area contributed by atoms with Crippen LogP contribution in [0.4, 0.5) is 22.4 Å². The lowest BCUT2D eigenvalue weighted by molar-refractivity contribution is -0.140. The van der Waals surface area contributed by atoms with Crippen LogP contribution in [0.15, 0.2) is 18.2 Å². The van der Waals surface area contributed by atoms with Gasteiger partial charge in [-0.25, -0.2) is 9.18 Å². The lowest BCUT2D eigenvalue weighted by Gasteiger charge is -2.33. The molecule has 1 aliphatic heterocycles. The van der Waals surface area contributed by atoms with Gasteiger partial charge in [0.15, 0.2) is 0 Å². The first kappa shape index (κ1) is 15.6. The number of hydrogen-bond acceptors (Lipinski definition) is 2. The van der Waals surface area contributed by atoms with Crippen molar-refractivity contribution < 1.29 is 27.5 Å². The van der Waals surface area contributed by atoms with E-state index in [4.69, 9.17) is 5.11 Å². The van der Waals surface area contributed by atoms with Gasteiger partial charge in [-0.2, -0.15) is 13.2 Å². The van der Waals surface area contributed by atoms with Crippen LogP contribution < -0.4 is 0 Å². The highest BCUT2D eigenvalue weighted by atomic mass is 19.4. The van der Waals surface area contributed by atoms with E-state index in [-0.39, 0.29) is 6.54 Å². The van der Waals surface area contributed by atoms with Crippen molar-refractivity contribution in [1.82, 2.24) is 9.80 Å². The third kappa shape index (κ3) is 3.84. The zero-order valence-electron chi connectivity index (χ0n) is 11.0. The fraction of sp³-hybridized carbons (Fsp3) is 0.462. The van der Waals surface area contributed by atoms with Crippen molar-refractivity contribution in [3.8, 4) is 0 Å². The Hall–Kier alpha value is -1.83. The van der Waals surface area contributed by atoms with Crippen molar-refractivity contribution in [2.24, 2.45) is 0 Å². The summed E-state index contributed by atoms with van der Waals surface area (Å²) < 4.78 is 51.0. The highest BCUT2D eigenvalue weighted by molar-refractivity contribution is 5.65. The summed E-state index contributed by atoms with van der Waals surface area (Å²) in [4.78, 5) is 13.8. The molecule has 0 atom stereocenters. The van der Waals surface area contributed by atoms with Crippen LogP contribution in [0.3, 0.4) is 0 Å². The van der Waals surface area contributed by atoms with Gasteiger partial charge in [0, 0.05) is 32.7 Å². The number of nitrogens with zero attached hydrogens (tertiary/aromatic N) is 2. The number of alkyl halides is 3. The van der Waals surface area contributed by atoms with Crippen LogP contribution in [0.1, 0.15) is 11.1 Å². The Morgan fingerprint density at radius 2 is 1.81 bits per heavy atom. The molecule has 1 heterocycles. The third-order valence-electron chi connectivity index (χ3n) is 3.39. The molecule has 1 aliphatic rings. The van der Waals surface area contributed by atoms with Gasteiger partial charge in [0.25, 0.3) is 0 Å². The lowest BCUT2D eigenvalue weighted by Crippen LogP contribution is -2.47. The first-order valence-corrected chi connectivity index (χ1v) is 6.33. The van der Waals surface area contributed by atoms with E-state index in [2.05, 4.69) is 0 Å². The molecule has 4 nitrogen and oxygen atoms in total. The number of carboxylic acid groups (broad SMARTS) is 1. The molecule has 1 fully saturated rings. The Morgan fingerprint density at radius 1 is 1.19 bits per heavy atom. The second-order valence-corrected chi connectivity index (χ2v) is 4.86. The minimum absolute atomic E-state index is 0.233. The van der Waals surface area contributed by atoms with E-state index in [1.807, 2.05) is 4.90 Å². The standard InChI is InChI=1S/C13H14F4N2O2/c14-11-2-1-9(7-10(11)13(15,16)17)8-18-3-5-19(6-4-18)12(20)21/h1-2,7H,3-6,8H2,(H,20,21). The van der Waals surface area contributed by atoms with Crippen molar-refractivity contribution in [2.75, 3.05) is 26.2 Å². The summed E-state index contributed by atoms with van der Waals surface area (Å²) in [6, 6.07) is 2.93. The Kier molecular flexibility index (Phi) is 4.36. The summed E-state index contributed by atoms with van der Waals surface area (Å²) >= 11 is 0. The molecule has 8 heteroatoms. The van der Waals surface area contributed by atoms with E-state index >= 15 is 0 Å². The fourth-order valence-electron chi connectivity index (χ4n) is 2.24. The van der Waals surface area contributed by atoms with Gasteiger partial charge in [-0.05, 0) is 17.7 Å². The molecule has 0 bridgehead atoms. The molecule has 1 amide bonds. The number of rotatable bonds is 2. The Morgan fingerprint density at radius 3 is 2.33 bits per heavy atom. The van der Waals surface area contributed by atoms with Crippen molar-refractivity contribution in [3.05, 3.63) is 35.1 Å². The predicted octanol–water partition coefficient (Wildman–Crippen LogP) is 2.64. The monoisotopic (exact) mass is 306 g/mol. The van der Waals surface area contributed by atoms with Gasteiger partial charge in [0.1, 0.15) is 5.82 Å². The van der Waals surface area contributed by atoms with Gasteiger partial charge < -0.3 is 10.0 Å². The van der Waals surface area contributed by atoms with Gasteiger partial charge in [0.2, 0.25) is 0 Å². The van der Waals surface area contributed by atoms with Crippen LogP contribution in [0.5, 0.6) is 0 Å². The molecule has 0 saturated carbocycles. The lowest BCUT2D eigenvalue weighted by atomic mass is 10.1. The van der Waals surface area contributed by atoms with Gasteiger partial charge in [-0.3, -0.25) is 4.90 Å². The molecule has 0 aromatic heterocycles. The molecule has 1 aromatic carbocycles. The average Bonchev–Trinajstić information content (AvgIpc) is 2.40. The van der Waals surface area contributed by atoms with Crippen LogP contribution in [-0.4, -0.2) is 47.2 Å². The Bertz CT molecular complexity index is 525. The second-order valence-electron chi connectivity index (χ2n) is 4.86. The van der Waals surface area contributed by atoms with Gasteiger partial charge >= 0.3 is 12.3 Å². The highest BCUT2D eigenvalue weighted by Gasteiger charge is 2.34. The van der Waals surface area contributed by atoms with Crippen LogP contribution in [-0.2, 0) is 12.7 Å². The number of amides is 1. The van der Waals surface area contributed by atoms with E-state index in [1.165, 1.54) is 11.0 Å². The van der Waals surface area contributed by atoms with E-state index < -0.39 is 23.7 Å². The molecule has 0 aliphatic carbocycles. The SMILES string of the molecule is O=C(O)N1CCN(Cc2ccc(F)c(C(F)(F)F)c2)CC1. The van der Waals surface area contributed by atoms with Gasteiger partial charge in [-0.1, -0.05) is 6.07 Å². The predicted molar refractivity (Wildman–Crippen MR) is 66.3 cm³/mol. The topological polar surface area (TPSA) is 43.8 Å². The zero-order valence-corrected chi connectivity index (χ0v) is 11.0. The van der Waals surface area contributed by atoms with Crippen LogP contribution in [0.2, 0.25) is 0 Å². The molecule has 1 aromatic rings. The van der Waals surface area contributed by atoms with E-state index in [0.717, 1.165) is 12.1 Å². The number of hydrogen-bond donors (Lipinski definition) is 1. The first-order valence-electron chi connectivity index (χ1n) is 6.33. The molecule has 0 unspecified atom stereocenters. The summed E-state index contributed by atoms with van der Waals surface area (Å²) in [7, 11) is 0. The summed E-state index contributed by atoms with van der Waals surface area (Å²) in [5.74, 6) is -1.29. The van der Waals surface area contributed by atoms with Crippen molar-refractivity contribution >= 4 is 6.09 Å². The molecular weight excluding hydrogens is 292 g/mol. The van der Waals surface area contributed by atoms with Gasteiger partial charge in [0.05, 0.1) is 5.56 Å². The van der Waals surface area contributed by atoms with Crippen molar-refractivity contribution in [1.29, 1.82) is 0 Å². The minimum atomic E-state index is -4.72. The Labute approximate surface area is 118 Å². The smallest absolute Gasteiger partial charge is 0.419 e. The van der Waals surface area contributed by atoms with E-state index in [9.17, 15) is 22.4 Å². The maximum absolute atomic E-state index is 13.2. The molecule has 1 N–H and O–H groups in total. The molecule has 2 rings (SSSR count). The van der Waals surface area contributed by atoms with E-state index in [0.29, 0.717) is 31.7 Å². The van der Waals surface area contributed by atoms with Crippen LogP contribution >= 0.6 is 0 Å². The summed E-state index contributed by atoms with van der Waals surface area (Å²) in [5.41, 5.74) is -0.920. The highest BCUT2D eigenvalue weighted by Crippen LogP contribution is 2.32. The molecular formula is C13H14F4N2O2. The van der Waals surface area contributed by atoms with Crippen molar-refractivity contribution in [3.63, 3.8) is 0 Å². The molecule has 1 saturated heterocycles. The largest absolute Gasteiger partial charge is 0.465 e. The first-order chi connectivity index (χ1) is 9.77. The van der Waals surface area contributed by atoms with Crippen LogP contribution in [0, 0.1) is 5.82 Å². The molecule has 0 spiro atoms. The van der Waals surface area contributed by atoms with Crippen molar-refractivity contribution in [2.45, 2.75) is 12.7 Å². The average molecular weight is 306 g/mol. The maximum Gasteiger partial charge on any atom is 0.419 e. The minimum Gasteiger partial charge on any atom is -0.465 e.